The summed E-state index contributed by atoms with van der Waals surface area (Å²) in [6, 6.07) is 9.87. The minimum absolute atomic E-state index is 0.533. The van der Waals surface area contributed by atoms with Gasteiger partial charge in [0, 0.05) is 44.6 Å². The summed E-state index contributed by atoms with van der Waals surface area (Å²) in [4.78, 5) is 6.97. The highest BCUT2D eigenvalue weighted by Gasteiger charge is 2.19. The Morgan fingerprint density at radius 2 is 2.06 bits per heavy atom. The number of hydrogen-bond donors (Lipinski definition) is 2. The molecule has 0 aliphatic carbocycles. The van der Waals surface area contributed by atoms with Crippen molar-refractivity contribution in [2.24, 2.45) is 0 Å². The molecule has 1 saturated heterocycles. The second-order valence-corrected chi connectivity index (χ2v) is 8.14. The number of aromatic nitrogens is 5. The zero-order chi connectivity index (χ0) is 21.2. The summed E-state index contributed by atoms with van der Waals surface area (Å²) in [7, 11) is 0. The summed E-state index contributed by atoms with van der Waals surface area (Å²) in [5.74, 6) is 0. The molecule has 0 spiro atoms. The number of piperazine rings is 1. The lowest BCUT2D eigenvalue weighted by Crippen LogP contribution is -2.43. The van der Waals surface area contributed by atoms with Crippen molar-refractivity contribution in [3.05, 3.63) is 42.2 Å². The fourth-order valence-electron chi connectivity index (χ4n) is 3.67. The van der Waals surface area contributed by atoms with Crippen molar-refractivity contribution >= 4 is 27.7 Å². The molecule has 4 aromatic heterocycles. The normalized spacial score (nSPS) is 14.0. The van der Waals surface area contributed by atoms with E-state index in [4.69, 9.17) is 10.2 Å². The molecule has 31 heavy (non-hydrogen) atoms. The molecular weight excluding hydrogens is 410 g/mol. The van der Waals surface area contributed by atoms with Crippen LogP contribution in [0.2, 0.25) is 0 Å². The van der Waals surface area contributed by atoms with Gasteiger partial charge in [0.25, 0.3) is 0 Å². The van der Waals surface area contributed by atoms with E-state index in [-0.39, 0.29) is 0 Å². The van der Waals surface area contributed by atoms with Crippen LogP contribution in [0.5, 0.6) is 0 Å². The summed E-state index contributed by atoms with van der Waals surface area (Å²) < 4.78 is 1.80. The Morgan fingerprint density at radius 1 is 1.19 bits per heavy atom. The summed E-state index contributed by atoms with van der Waals surface area (Å²) in [6.45, 7) is 6.64. The third kappa shape index (κ3) is 3.69. The number of hydrogen-bond acceptors (Lipinski definition) is 9. The van der Waals surface area contributed by atoms with Crippen molar-refractivity contribution in [2.75, 3.05) is 42.9 Å². The topological polar surface area (TPSA) is 107 Å². The van der Waals surface area contributed by atoms with Crippen LogP contribution in [0, 0.1) is 11.3 Å². The fourth-order valence-corrected chi connectivity index (χ4v) is 4.59. The molecule has 0 aromatic carbocycles. The van der Waals surface area contributed by atoms with Gasteiger partial charge in [-0.25, -0.2) is 4.52 Å². The molecular formula is C21H21N9S. The molecule has 1 aliphatic rings. The predicted molar refractivity (Wildman–Crippen MR) is 121 cm³/mol. The molecule has 0 bridgehead atoms. The zero-order valence-corrected chi connectivity index (χ0v) is 17.9. The average molecular weight is 432 g/mol. The second kappa shape index (κ2) is 8.29. The van der Waals surface area contributed by atoms with Gasteiger partial charge in [0.1, 0.15) is 6.07 Å². The molecule has 0 atom stereocenters. The van der Waals surface area contributed by atoms with E-state index in [1.807, 2.05) is 30.5 Å². The molecule has 0 radical (unpaired) electrons. The number of pyridine rings is 1. The first-order valence-corrected chi connectivity index (χ1v) is 11.0. The standard InChI is InChI=1S/C21H21N9S/c1-2-24-17-10-18(19-4-3-15-9-14(11-22)12-26-30(15)19)25-13-16(17)20-27-28-21(31-20)29-7-5-23-6-8-29/h3-4,9-10,12-13,23H,2,5-8H2,1H3,(H,24,25). The van der Waals surface area contributed by atoms with E-state index in [0.29, 0.717) is 5.56 Å². The number of nitriles is 1. The number of nitrogens with one attached hydrogen (secondary N) is 2. The zero-order valence-electron chi connectivity index (χ0n) is 17.0. The fraction of sp³-hybridized carbons (Fsp3) is 0.286. The number of anilines is 2. The molecule has 5 heterocycles. The van der Waals surface area contributed by atoms with E-state index in [0.717, 1.165) is 71.0 Å². The SMILES string of the molecule is CCNc1cc(-c2ccc3cc(C#N)cnn23)ncc1-c1nnc(N2CCNCC2)s1. The molecule has 10 heteroatoms. The van der Waals surface area contributed by atoms with E-state index < -0.39 is 0 Å². The molecule has 4 aromatic rings. The molecule has 2 N–H and O–H groups in total. The van der Waals surface area contributed by atoms with Crippen molar-refractivity contribution < 1.29 is 0 Å². The molecule has 0 saturated carbocycles. The summed E-state index contributed by atoms with van der Waals surface area (Å²) in [5, 5.41) is 31.0. The minimum Gasteiger partial charge on any atom is -0.385 e. The van der Waals surface area contributed by atoms with Gasteiger partial charge in [-0.3, -0.25) is 4.98 Å². The first-order valence-electron chi connectivity index (χ1n) is 10.2. The Balaban J connectivity index is 1.51. The first kappa shape index (κ1) is 19.4. The van der Waals surface area contributed by atoms with E-state index in [2.05, 4.69) is 43.8 Å². The summed E-state index contributed by atoms with van der Waals surface area (Å²) in [5.41, 5.74) is 4.94. The van der Waals surface area contributed by atoms with Crippen LogP contribution in [0.15, 0.2) is 36.7 Å². The van der Waals surface area contributed by atoms with Crippen molar-refractivity contribution in [2.45, 2.75) is 6.92 Å². The van der Waals surface area contributed by atoms with Gasteiger partial charge in [-0.1, -0.05) is 11.3 Å². The third-order valence-electron chi connectivity index (χ3n) is 5.20. The monoisotopic (exact) mass is 431 g/mol. The van der Waals surface area contributed by atoms with Crippen LogP contribution in [-0.2, 0) is 0 Å². The van der Waals surface area contributed by atoms with E-state index in [1.54, 1.807) is 22.0 Å². The molecule has 0 amide bonds. The Kier molecular flexibility index (Phi) is 5.19. The maximum absolute atomic E-state index is 9.10. The molecule has 156 valence electrons. The Labute approximate surface area is 183 Å². The van der Waals surface area contributed by atoms with Gasteiger partial charge in [-0.2, -0.15) is 10.4 Å². The van der Waals surface area contributed by atoms with Gasteiger partial charge in [0.2, 0.25) is 5.13 Å². The molecule has 1 aliphatic heterocycles. The highest BCUT2D eigenvalue weighted by atomic mass is 32.1. The lowest BCUT2D eigenvalue weighted by atomic mass is 10.2. The van der Waals surface area contributed by atoms with Gasteiger partial charge in [0.15, 0.2) is 5.01 Å². The number of rotatable bonds is 5. The Morgan fingerprint density at radius 3 is 2.87 bits per heavy atom. The molecule has 5 rings (SSSR count). The van der Waals surface area contributed by atoms with Crippen LogP contribution in [0.4, 0.5) is 10.8 Å². The average Bonchev–Trinajstić information content (AvgIpc) is 3.47. The van der Waals surface area contributed by atoms with Crippen molar-refractivity contribution in [1.29, 1.82) is 5.26 Å². The lowest BCUT2D eigenvalue weighted by Gasteiger charge is -2.26. The summed E-state index contributed by atoms with van der Waals surface area (Å²) in [6.07, 6.45) is 3.41. The highest BCUT2D eigenvalue weighted by Crippen LogP contribution is 2.35. The van der Waals surface area contributed by atoms with Gasteiger partial charge in [-0.05, 0) is 31.2 Å². The maximum atomic E-state index is 9.10. The highest BCUT2D eigenvalue weighted by molar-refractivity contribution is 7.18. The quantitative estimate of drug-likeness (QED) is 0.497. The van der Waals surface area contributed by atoms with Gasteiger partial charge < -0.3 is 15.5 Å². The molecule has 9 nitrogen and oxygen atoms in total. The van der Waals surface area contributed by atoms with Crippen LogP contribution >= 0.6 is 11.3 Å². The van der Waals surface area contributed by atoms with Crippen molar-refractivity contribution in [3.8, 4) is 28.0 Å². The van der Waals surface area contributed by atoms with E-state index >= 15 is 0 Å². The maximum Gasteiger partial charge on any atom is 0.208 e. The third-order valence-corrected chi connectivity index (χ3v) is 6.21. The second-order valence-electron chi connectivity index (χ2n) is 7.18. The first-order chi connectivity index (χ1) is 15.3. The van der Waals surface area contributed by atoms with Crippen LogP contribution in [0.25, 0.3) is 27.5 Å². The van der Waals surface area contributed by atoms with Gasteiger partial charge in [0.05, 0.1) is 34.2 Å². The molecule has 1 fully saturated rings. The van der Waals surface area contributed by atoms with Crippen molar-refractivity contribution in [3.63, 3.8) is 0 Å². The van der Waals surface area contributed by atoms with Crippen LogP contribution < -0.4 is 15.5 Å². The number of nitrogens with zero attached hydrogens (tertiary/aromatic N) is 7. The molecule has 0 unspecified atom stereocenters. The lowest BCUT2D eigenvalue weighted by molar-refractivity contribution is 0.587. The van der Waals surface area contributed by atoms with E-state index in [1.165, 1.54) is 0 Å². The van der Waals surface area contributed by atoms with Crippen LogP contribution in [0.3, 0.4) is 0 Å². The minimum atomic E-state index is 0.533. The van der Waals surface area contributed by atoms with Crippen LogP contribution in [-0.4, -0.2) is 57.5 Å². The smallest absolute Gasteiger partial charge is 0.208 e. The number of fused-ring (bicyclic) bond motifs is 1. The Hall–Kier alpha value is -3.55. The Bertz CT molecular complexity index is 1260. The van der Waals surface area contributed by atoms with E-state index in [9.17, 15) is 0 Å². The van der Waals surface area contributed by atoms with Crippen molar-refractivity contribution in [1.82, 2.24) is 30.1 Å². The summed E-state index contributed by atoms with van der Waals surface area (Å²) >= 11 is 1.59. The van der Waals surface area contributed by atoms with Gasteiger partial charge in [-0.15, -0.1) is 10.2 Å². The largest absolute Gasteiger partial charge is 0.385 e. The van der Waals surface area contributed by atoms with Gasteiger partial charge >= 0.3 is 0 Å². The van der Waals surface area contributed by atoms with Crippen LogP contribution in [0.1, 0.15) is 12.5 Å². The predicted octanol–water partition coefficient (Wildman–Crippen LogP) is 2.63.